The summed E-state index contributed by atoms with van der Waals surface area (Å²) in [6, 6.07) is 0. The molecular formula is C8H8OS. The van der Waals surface area contributed by atoms with Gasteiger partial charge in [0.2, 0.25) is 0 Å². The summed E-state index contributed by atoms with van der Waals surface area (Å²) in [6.45, 7) is 0. The van der Waals surface area contributed by atoms with E-state index in [0.717, 1.165) is 5.92 Å². The van der Waals surface area contributed by atoms with E-state index < -0.39 is 0 Å². The summed E-state index contributed by atoms with van der Waals surface area (Å²) in [7, 11) is 0. The molecule has 0 aromatic heterocycles. The van der Waals surface area contributed by atoms with Crippen LogP contribution in [-0.4, -0.2) is 0 Å². The molecule has 0 radical (unpaired) electrons. The highest BCUT2D eigenvalue weighted by molar-refractivity contribution is 8.12. The quantitative estimate of drug-likeness (QED) is 0.572. The molecule has 3 aliphatic rings. The van der Waals surface area contributed by atoms with E-state index in [9.17, 15) is 0 Å². The van der Waals surface area contributed by atoms with E-state index in [4.69, 9.17) is 4.74 Å². The second kappa shape index (κ2) is 1.62. The number of rotatable bonds is 1. The van der Waals surface area contributed by atoms with Crippen LogP contribution in [0, 0.1) is 5.92 Å². The van der Waals surface area contributed by atoms with Crippen molar-refractivity contribution in [2.45, 2.75) is 19.3 Å². The molecule has 1 atom stereocenters. The van der Waals surface area contributed by atoms with Gasteiger partial charge in [0, 0.05) is 12.8 Å². The van der Waals surface area contributed by atoms with Gasteiger partial charge < -0.3 is 4.74 Å². The minimum Gasteiger partial charge on any atom is -0.459 e. The highest BCUT2D eigenvalue weighted by atomic mass is 32.2. The Morgan fingerprint density at radius 1 is 1.50 bits per heavy atom. The zero-order valence-corrected chi connectivity index (χ0v) is 6.41. The molecule has 0 amide bonds. The van der Waals surface area contributed by atoms with Crippen LogP contribution < -0.4 is 0 Å². The lowest BCUT2D eigenvalue weighted by Crippen LogP contribution is -1.98. The van der Waals surface area contributed by atoms with Crippen molar-refractivity contribution in [2.24, 2.45) is 5.92 Å². The van der Waals surface area contributed by atoms with Crippen molar-refractivity contribution < 1.29 is 4.74 Å². The van der Waals surface area contributed by atoms with E-state index in [1.165, 1.54) is 30.8 Å². The predicted molar refractivity (Wildman–Crippen MR) is 41.1 cm³/mol. The van der Waals surface area contributed by atoms with Crippen molar-refractivity contribution in [3.63, 3.8) is 0 Å². The van der Waals surface area contributed by atoms with Crippen LogP contribution in [-0.2, 0) is 4.74 Å². The molecule has 2 aliphatic heterocycles. The number of hydrogen-bond acceptors (Lipinski definition) is 2. The minimum absolute atomic E-state index is 0.825. The molecule has 0 spiro atoms. The van der Waals surface area contributed by atoms with Gasteiger partial charge in [-0.1, -0.05) is 0 Å². The van der Waals surface area contributed by atoms with Gasteiger partial charge in [-0.15, -0.1) is 11.8 Å². The van der Waals surface area contributed by atoms with Crippen LogP contribution in [0.5, 0.6) is 0 Å². The molecule has 3 rings (SSSR count). The number of thioether (sulfide) groups is 1. The fourth-order valence-corrected chi connectivity index (χ4v) is 2.22. The molecule has 0 saturated carbocycles. The zero-order chi connectivity index (χ0) is 6.55. The van der Waals surface area contributed by atoms with Crippen LogP contribution in [0.15, 0.2) is 21.8 Å². The van der Waals surface area contributed by atoms with Crippen molar-refractivity contribution in [3.05, 3.63) is 21.8 Å². The molecule has 0 fully saturated rings. The molecule has 0 bridgehead atoms. The predicted octanol–water partition coefficient (Wildman–Crippen LogP) is 2.62. The second-order valence-corrected chi connectivity index (χ2v) is 3.97. The molecule has 10 heavy (non-hydrogen) atoms. The van der Waals surface area contributed by atoms with Crippen LogP contribution in [0.25, 0.3) is 0 Å². The van der Waals surface area contributed by atoms with Gasteiger partial charge in [-0.2, -0.15) is 0 Å². The summed E-state index contributed by atoms with van der Waals surface area (Å²) in [5, 5.41) is 2.26. The molecule has 0 saturated heterocycles. The van der Waals surface area contributed by atoms with Gasteiger partial charge in [0.25, 0.3) is 0 Å². The zero-order valence-electron chi connectivity index (χ0n) is 5.59. The standard InChI is InChI=1S/C8H8OS/c1-2-6-7(9-6)3-5(1)8-4-10-8/h4-5H,1-3H2. The molecule has 0 aromatic rings. The fourth-order valence-electron chi connectivity index (χ4n) is 1.57. The number of hydrogen-bond donors (Lipinski definition) is 0. The van der Waals surface area contributed by atoms with Crippen molar-refractivity contribution in [2.75, 3.05) is 0 Å². The van der Waals surface area contributed by atoms with Gasteiger partial charge in [0.15, 0.2) is 0 Å². The molecule has 2 heterocycles. The Morgan fingerprint density at radius 2 is 2.40 bits per heavy atom. The molecule has 1 aliphatic carbocycles. The van der Waals surface area contributed by atoms with E-state index in [2.05, 4.69) is 5.41 Å². The third kappa shape index (κ3) is 0.717. The summed E-state index contributed by atoms with van der Waals surface area (Å²) < 4.78 is 5.28. The van der Waals surface area contributed by atoms with Gasteiger partial charge in [-0.3, -0.25) is 0 Å². The first-order chi connectivity index (χ1) is 4.93. The molecule has 52 valence electrons. The van der Waals surface area contributed by atoms with Gasteiger partial charge in [0.05, 0.1) is 0 Å². The molecule has 1 nitrogen and oxygen atoms in total. The topological polar surface area (TPSA) is 12.5 Å². The van der Waals surface area contributed by atoms with Crippen molar-refractivity contribution in [3.8, 4) is 0 Å². The lowest BCUT2D eigenvalue weighted by molar-refractivity contribution is 0.454. The van der Waals surface area contributed by atoms with Gasteiger partial charge in [-0.05, 0) is 22.7 Å². The Bertz CT molecular complexity index is 252. The molecule has 1 unspecified atom stereocenters. The van der Waals surface area contributed by atoms with Gasteiger partial charge in [-0.25, -0.2) is 0 Å². The smallest absolute Gasteiger partial charge is 0.143 e. The van der Waals surface area contributed by atoms with Crippen LogP contribution in [0.2, 0.25) is 0 Å². The Labute approximate surface area is 64.1 Å². The van der Waals surface area contributed by atoms with Crippen LogP contribution in [0.3, 0.4) is 0 Å². The Balaban J connectivity index is 1.79. The summed E-state index contributed by atoms with van der Waals surface area (Å²) in [5.74, 6) is 3.42. The maximum Gasteiger partial charge on any atom is 0.143 e. The van der Waals surface area contributed by atoms with E-state index >= 15 is 0 Å². The Morgan fingerprint density at radius 3 is 3.10 bits per heavy atom. The number of allylic oxidation sites excluding steroid dienone is 3. The fraction of sp³-hybridized carbons (Fsp3) is 0.500. The lowest BCUT2D eigenvalue weighted by Gasteiger charge is -2.08. The van der Waals surface area contributed by atoms with E-state index in [-0.39, 0.29) is 0 Å². The van der Waals surface area contributed by atoms with Gasteiger partial charge >= 0.3 is 0 Å². The lowest BCUT2D eigenvalue weighted by atomic mass is 9.95. The maximum atomic E-state index is 5.28. The molecule has 0 aromatic carbocycles. The largest absolute Gasteiger partial charge is 0.459 e. The molecular weight excluding hydrogens is 144 g/mol. The summed E-state index contributed by atoms with van der Waals surface area (Å²) in [5.41, 5.74) is 0. The molecule has 2 heteroatoms. The van der Waals surface area contributed by atoms with Crippen molar-refractivity contribution >= 4 is 11.8 Å². The minimum atomic E-state index is 0.825. The normalized spacial score (nSPS) is 34.4. The highest BCUT2D eigenvalue weighted by Crippen LogP contribution is 2.51. The Kier molecular flexibility index (Phi) is 0.857. The van der Waals surface area contributed by atoms with Crippen molar-refractivity contribution in [1.29, 1.82) is 0 Å². The summed E-state index contributed by atoms with van der Waals surface area (Å²) >= 11 is 1.91. The van der Waals surface area contributed by atoms with Crippen LogP contribution in [0.1, 0.15) is 19.3 Å². The summed E-state index contributed by atoms with van der Waals surface area (Å²) in [4.78, 5) is 1.60. The van der Waals surface area contributed by atoms with Crippen LogP contribution >= 0.6 is 11.8 Å². The average molecular weight is 152 g/mol. The third-order valence-electron chi connectivity index (χ3n) is 2.32. The third-order valence-corrected chi connectivity index (χ3v) is 3.16. The van der Waals surface area contributed by atoms with E-state index in [1.54, 1.807) is 4.91 Å². The Hall–Kier alpha value is -0.370. The van der Waals surface area contributed by atoms with Gasteiger partial charge in [0.1, 0.15) is 11.5 Å². The first-order valence-electron chi connectivity index (χ1n) is 3.70. The first kappa shape index (κ1) is 5.30. The first-order valence-corrected chi connectivity index (χ1v) is 4.58. The monoisotopic (exact) mass is 152 g/mol. The van der Waals surface area contributed by atoms with Crippen molar-refractivity contribution in [1.82, 2.24) is 0 Å². The van der Waals surface area contributed by atoms with E-state index in [1.807, 2.05) is 11.8 Å². The van der Waals surface area contributed by atoms with E-state index in [0.29, 0.717) is 0 Å². The summed E-state index contributed by atoms with van der Waals surface area (Å²) in [6.07, 6.45) is 3.70. The SMILES string of the molecule is C1=C(C2CCC3=C(C2)O3)S1. The maximum absolute atomic E-state index is 5.28. The van der Waals surface area contributed by atoms with Crippen LogP contribution in [0.4, 0.5) is 0 Å². The highest BCUT2D eigenvalue weighted by Gasteiger charge is 2.36. The number of ether oxygens (including phenoxy) is 1. The molecule has 0 N–H and O–H groups in total. The average Bonchev–Trinajstić information content (AvgIpc) is 2.83. The second-order valence-electron chi connectivity index (χ2n) is 3.03.